The van der Waals surface area contributed by atoms with Crippen molar-refractivity contribution in [1.82, 2.24) is 5.32 Å². The van der Waals surface area contributed by atoms with E-state index in [1.54, 1.807) is 0 Å². The van der Waals surface area contributed by atoms with Gasteiger partial charge >= 0.3 is 0 Å². The van der Waals surface area contributed by atoms with E-state index in [1.807, 2.05) is 0 Å². The molecule has 1 saturated carbocycles. The molecule has 0 aromatic heterocycles. The van der Waals surface area contributed by atoms with Crippen LogP contribution < -0.4 is 5.32 Å². The van der Waals surface area contributed by atoms with Crippen LogP contribution in [0.1, 0.15) is 65.2 Å². The third kappa shape index (κ3) is 4.99. The molecule has 0 amide bonds. The van der Waals surface area contributed by atoms with E-state index < -0.39 is 0 Å². The van der Waals surface area contributed by atoms with E-state index in [2.05, 4.69) is 19.2 Å². The Morgan fingerprint density at radius 1 is 1.21 bits per heavy atom. The molecule has 1 aliphatic rings. The minimum Gasteiger partial charge on any atom is -0.314 e. The molecule has 0 unspecified atom stereocenters. The van der Waals surface area contributed by atoms with Gasteiger partial charge in [0.25, 0.3) is 0 Å². The maximum Gasteiger partial charge on any atom is 0.00386 e. The molecule has 0 spiro atoms. The quantitative estimate of drug-likeness (QED) is 0.684. The first-order valence-electron chi connectivity index (χ1n) is 6.56. The first kappa shape index (κ1) is 12.0. The molecule has 1 aliphatic carbocycles. The maximum atomic E-state index is 3.63. The molecular weight excluding hydrogens is 170 g/mol. The second-order valence-electron chi connectivity index (χ2n) is 4.94. The molecule has 0 saturated heterocycles. The van der Waals surface area contributed by atoms with Gasteiger partial charge in [0, 0.05) is 6.04 Å². The van der Waals surface area contributed by atoms with Gasteiger partial charge in [-0.25, -0.2) is 0 Å². The summed E-state index contributed by atoms with van der Waals surface area (Å²) in [5.74, 6) is 1.03. The van der Waals surface area contributed by atoms with Crippen molar-refractivity contribution in [3.05, 3.63) is 0 Å². The molecule has 1 atom stereocenters. The van der Waals surface area contributed by atoms with Crippen LogP contribution in [-0.4, -0.2) is 12.6 Å². The zero-order valence-electron chi connectivity index (χ0n) is 10.0. The molecule has 0 heterocycles. The van der Waals surface area contributed by atoms with E-state index in [1.165, 1.54) is 57.9 Å². The molecule has 1 nitrogen and oxygen atoms in total. The average molecular weight is 197 g/mol. The Labute approximate surface area is 89.7 Å². The van der Waals surface area contributed by atoms with Gasteiger partial charge in [-0.1, -0.05) is 45.4 Å². The number of nitrogens with one attached hydrogen (secondary N) is 1. The number of hydrogen-bond donors (Lipinski definition) is 1. The van der Waals surface area contributed by atoms with E-state index in [0.29, 0.717) is 0 Å². The van der Waals surface area contributed by atoms with Crippen LogP contribution in [0.3, 0.4) is 0 Å². The summed E-state index contributed by atoms with van der Waals surface area (Å²) in [6.07, 6.45) is 11.5. The molecule has 1 rings (SSSR count). The predicted octanol–water partition coefficient (Wildman–Crippen LogP) is 3.74. The summed E-state index contributed by atoms with van der Waals surface area (Å²) in [5, 5.41) is 3.63. The Morgan fingerprint density at radius 3 is 2.57 bits per heavy atom. The molecular formula is C13H27N. The summed E-state index contributed by atoms with van der Waals surface area (Å²) in [5.41, 5.74) is 0. The van der Waals surface area contributed by atoms with Crippen molar-refractivity contribution in [3.63, 3.8) is 0 Å². The molecule has 0 radical (unpaired) electrons. The van der Waals surface area contributed by atoms with Crippen molar-refractivity contribution in [2.45, 2.75) is 71.3 Å². The van der Waals surface area contributed by atoms with Crippen LogP contribution in [0, 0.1) is 5.92 Å². The first-order valence-corrected chi connectivity index (χ1v) is 6.56. The third-order valence-electron chi connectivity index (χ3n) is 3.49. The molecule has 1 N–H and O–H groups in total. The fraction of sp³-hybridized carbons (Fsp3) is 1.00. The highest BCUT2D eigenvalue weighted by Gasteiger charge is 2.12. The van der Waals surface area contributed by atoms with E-state index in [0.717, 1.165) is 12.0 Å². The van der Waals surface area contributed by atoms with Gasteiger partial charge in [0.15, 0.2) is 0 Å². The van der Waals surface area contributed by atoms with Gasteiger partial charge in [0.05, 0.1) is 0 Å². The van der Waals surface area contributed by atoms with E-state index in [9.17, 15) is 0 Å². The lowest BCUT2D eigenvalue weighted by Crippen LogP contribution is -2.28. The Bertz CT molecular complexity index is 127. The summed E-state index contributed by atoms with van der Waals surface area (Å²) < 4.78 is 0. The molecule has 0 aliphatic heterocycles. The van der Waals surface area contributed by atoms with Crippen LogP contribution in [0.25, 0.3) is 0 Å². The lowest BCUT2D eigenvalue weighted by Gasteiger charge is -2.22. The van der Waals surface area contributed by atoms with Gasteiger partial charge in [-0.3, -0.25) is 0 Å². The summed E-state index contributed by atoms with van der Waals surface area (Å²) >= 11 is 0. The zero-order chi connectivity index (χ0) is 10.2. The zero-order valence-corrected chi connectivity index (χ0v) is 10.0. The van der Waals surface area contributed by atoms with Crippen molar-refractivity contribution in [1.29, 1.82) is 0 Å². The summed E-state index contributed by atoms with van der Waals surface area (Å²) in [6, 6.07) is 0.726. The van der Waals surface area contributed by atoms with Gasteiger partial charge in [-0.2, -0.15) is 0 Å². The molecule has 84 valence electrons. The monoisotopic (exact) mass is 197 g/mol. The summed E-state index contributed by atoms with van der Waals surface area (Å²) in [6.45, 7) is 5.81. The third-order valence-corrected chi connectivity index (χ3v) is 3.49. The van der Waals surface area contributed by atoms with E-state index >= 15 is 0 Å². The van der Waals surface area contributed by atoms with Crippen LogP contribution in [0.5, 0.6) is 0 Å². The normalized spacial score (nSPS) is 21.0. The predicted molar refractivity (Wildman–Crippen MR) is 63.6 cm³/mol. The molecule has 0 bridgehead atoms. The van der Waals surface area contributed by atoms with Gasteiger partial charge in [0.2, 0.25) is 0 Å². The maximum absolute atomic E-state index is 3.63. The summed E-state index contributed by atoms with van der Waals surface area (Å²) in [7, 11) is 0. The molecule has 14 heavy (non-hydrogen) atoms. The molecule has 0 aromatic rings. The van der Waals surface area contributed by atoms with E-state index in [-0.39, 0.29) is 0 Å². The molecule has 1 heteroatoms. The minimum atomic E-state index is 0.726. The van der Waals surface area contributed by atoms with Crippen molar-refractivity contribution in [2.75, 3.05) is 6.54 Å². The van der Waals surface area contributed by atoms with Crippen LogP contribution in [0.4, 0.5) is 0 Å². The number of hydrogen-bond acceptors (Lipinski definition) is 1. The van der Waals surface area contributed by atoms with Gasteiger partial charge in [-0.15, -0.1) is 0 Å². The van der Waals surface area contributed by atoms with E-state index in [4.69, 9.17) is 0 Å². The van der Waals surface area contributed by atoms with Crippen LogP contribution in [0.15, 0.2) is 0 Å². The number of rotatable bonds is 6. The average Bonchev–Trinajstić information content (AvgIpc) is 2.20. The topological polar surface area (TPSA) is 12.0 Å². The van der Waals surface area contributed by atoms with Crippen molar-refractivity contribution in [2.24, 2.45) is 5.92 Å². The highest BCUT2D eigenvalue weighted by Crippen LogP contribution is 2.25. The van der Waals surface area contributed by atoms with Gasteiger partial charge in [0.1, 0.15) is 0 Å². The van der Waals surface area contributed by atoms with Crippen molar-refractivity contribution in [3.8, 4) is 0 Å². The Balaban J connectivity index is 1.96. The minimum absolute atomic E-state index is 0.726. The lowest BCUT2D eigenvalue weighted by molar-refractivity contribution is 0.327. The standard InChI is InChI=1S/C13H27N/c1-3-7-12(2)14-11-10-13-8-5-4-6-9-13/h12-14H,3-11H2,1-2H3/t12-/m1/s1. The second-order valence-corrected chi connectivity index (χ2v) is 4.94. The fourth-order valence-corrected chi connectivity index (χ4v) is 2.54. The van der Waals surface area contributed by atoms with Crippen LogP contribution in [0.2, 0.25) is 0 Å². The van der Waals surface area contributed by atoms with Crippen LogP contribution in [-0.2, 0) is 0 Å². The van der Waals surface area contributed by atoms with Gasteiger partial charge < -0.3 is 5.32 Å². The Morgan fingerprint density at radius 2 is 1.93 bits per heavy atom. The Kier molecular flexibility index (Phi) is 6.25. The summed E-state index contributed by atoms with van der Waals surface area (Å²) in [4.78, 5) is 0. The Hall–Kier alpha value is -0.0400. The fourth-order valence-electron chi connectivity index (χ4n) is 2.54. The van der Waals surface area contributed by atoms with Gasteiger partial charge in [-0.05, 0) is 32.2 Å². The SMILES string of the molecule is CCC[C@@H](C)NCCC1CCCCC1. The largest absolute Gasteiger partial charge is 0.314 e. The highest BCUT2D eigenvalue weighted by atomic mass is 14.9. The highest BCUT2D eigenvalue weighted by molar-refractivity contribution is 4.68. The molecule has 1 fully saturated rings. The van der Waals surface area contributed by atoms with Crippen molar-refractivity contribution < 1.29 is 0 Å². The van der Waals surface area contributed by atoms with Crippen LogP contribution >= 0.6 is 0 Å². The smallest absolute Gasteiger partial charge is 0.00386 e. The molecule has 0 aromatic carbocycles. The first-order chi connectivity index (χ1) is 6.83. The second kappa shape index (κ2) is 7.28. The van der Waals surface area contributed by atoms with Crippen molar-refractivity contribution >= 4 is 0 Å². The lowest BCUT2D eigenvalue weighted by atomic mass is 9.87.